The van der Waals surface area contributed by atoms with Crippen LogP contribution in [0.3, 0.4) is 0 Å². The fourth-order valence-corrected chi connectivity index (χ4v) is 3.44. The lowest BCUT2D eigenvalue weighted by molar-refractivity contribution is -0.119. The SMILES string of the molecule is CC[C@H](C(=O)Nc1ccc(C)cc1C)n1nc(-c2cc(C)ccc2C)ccc1=O. The van der Waals surface area contributed by atoms with E-state index in [0.717, 1.165) is 33.5 Å². The first-order valence-electron chi connectivity index (χ1n) is 9.85. The maximum atomic E-state index is 13.0. The molecule has 0 spiro atoms. The number of carbonyl (C=O) groups excluding carboxylic acids is 1. The summed E-state index contributed by atoms with van der Waals surface area (Å²) in [5.41, 5.74) is 6.40. The van der Waals surface area contributed by atoms with Gasteiger partial charge in [0.15, 0.2) is 0 Å². The van der Waals surface area contributed by atoms with E-state index in [-0.39, 0.29) is 11.5 Å². The number of aromatic nitrogens is 2. The molecule has 1 aromatic heterocycles. The number of nitrogens with one attached hydrogen (secondary N) is 1. The van der Waals surface area contributed by atoms with Gasteiger partial charge >= 0.3 is 0 Å². The zero-order chi connectivity index (χ0) is 21.1. The second-order valence-corrected chi connectivity index (χ2v) is 7.55. The van der Waals surface area contributed by atoms with Gasteiger partial charge < -0.3 is 5.32 Å². The second-order valence-electron chi connectivity index (χ2n) is 7.55. The highest BCUT2D eigenvalue weighted by molar-refractivity contribution is 5.94. The van der Waals surface area contributed by atoms with Crippen LogP contribution in [0.25, 0.3) is 11.3 Å². The average Bonchev–Trinajstić information content (AvgIpc) is 2.68. The minimum atomic E-state index is -0.687. The average molecular weight is 389 g/mol. The van der Waals surface area contributed by atoms with E-state index in [4.69, 9.17) is 0 Å². The van der Waals surface area contributed by atoms with Crippen LogP contribution in [0, 0.1) is 27.7 Å². The van der Waals surface area contributed by atoms with Crippen LogP contribution < -0.4 is 10.9 Å². The van der Waals surface area contributed by atoms with E-state index in [2.05, 4.69) is 10.4 Å². The first-order valence-corrected chi connectivity index (χ1v) is 9.85. The Morgan fingerprint density at radius 3 is 2.34 bits per heavy atom. The molecule has 0 aliphatic rings. The molecule has 0 saturated heterocycles. The molecule has 0 bridgehead atoms. The molecule has 1 atom stereocenters. The van der Waals surface area contributed by atoms with E-state index in [9.17, 15) is 9.59 Å². The summed E-state index contributed by atoms with van der Waals surface area (Å²) >= 11 is 0. The van der Waals surface area contributed by atoms with Crippen LogP contribution in [0.4, 0.5) is 5.69 Å². The fraction of sp³-hybridized carbons (Fsp3) is 0.292. The lowest BCUT2D eigenvalue weighted by atomic mass is 10.0. The molecule has 1 N–H and O–H groups in total. The smallest absolute Gasteiger partial charge is 0.267 e. The van der Waals surface area contributed by atoms with E-state index in [1.54, 1.807) is 6.07 Å². The van der Waals surface area contributed by atoms with Gasteiger partial charge in [0.05, 0.1) is 5.69 Å². The van der Waals surface area contributed by atoms with Gasteiger partial charge in [-0.15, -0.1) is 0 Å². The standard InChI is InChI=1S/C24H27N3O2/c1-6-22(24(29)25-20-10-8-15(2)13-18(20)5)27-23(28)12-11-21(26-27)19-14-16(3)7-9-17(19)4/h7-14,22H,6H2,1-5H3,(H,25,29)/t22-/m1/s1. The Hall–Kier alpha value is -3.21. The van der Waals surface area contributed by atoms with Crippen molar-refractivity contribution in [2.24, 2.45) is 0 Å². The number of benzene rings is 2. The van der Waals surface area contributed by atoms with Crippen molar-refractivity contribution in [1.82, 2.24) is 9.78 Å². The highest BCUT2D eigenvalue weighted by atomic mass is 16.2. The van der Waals surface area contributed by atoms with Crippen molar-refractivity contribution < 1.29 is 4.79 Å². The number of aryl methyl sites for hydroxylation is 4. The molecule has 5 heteroatoms. The van der Waals surface area contributed by atoms with Gasteiger partial charge in [0, 0.05) is 17.3 Å². The van der Waals surface area contributed by atoms with Crippen molar-refractivity contribution in [1.29, 1.82) is 0 Å². The molecular formula is C24H27N3O2. The maximum Gasteiger partial charge on any atom is 0.267 e. The third kappa shape index (κ3) is 4.45. The Balaban J connectivity index is 1.97. The van der Waals surface area contributed by atoms with E-state index < -0.39 is 6.04 Å². The topological polar surface area (TPSA) is 64.0 Å². The molecule has 0 unspecified atom stereocenters. The van der Waals surface area contributed by atoms with Gasteiger partial charge in [-0.2, -0.15) is 5.10 Å². The van der Waals surface area contributed by atoms with Crippen LogP contribution in [0.1, 0.15) is 41.6 Å². The van der Waals surface area contributed by atoms with Crippen LogP contribution >= 0.6 is 0 Å². The van der Waals surface area contributed by atoms with Gasteiger partial charge in [0.1, 0.15) is 6.04 Å². The number of anilines is 1. The summed E-state index contributed by atoms with van der Waals surface area (Å²) < 4.78 is 1.30. The summed E-state index contributed by atoms with van der Waals surface area (Å²) in [6.07, 6.45) is 0.458. The molecule has 0 aliphatic heterocycles. The van der Waals surface area contributed by atoms with Gasteiger partial charge in [-0.05, 0) is 63.4 Å². The monoisotopic (exact) mass is 389 g/mol. The number of hydrogen-bond donors (Lipinski definition) is 1. The van der Waals surface area contributed by atoms with E-state index in [0.29, 0.717) is 12.1 Å². The summed E-state index contributed by atoms with van der Waals surface area (Å²) in [4.78, 5) is 25.5. The van der Waals surface area contributed by atoms with Crippen molar-refractivity contribution >= 4 is 11.6 Å². The largest absolute Gasteiger partial charge is 0.324 e. The maximum absolute atomic E-state index is 13.0. The summed E-state index contributed by atoms with van der Waals surface area (Å²) in [7, 11) is 0. The Morgan fingerprint density at radius 2 is 1.66 bits per heavy atom. The molecule has 0 fully saturated rings. The molecule has 3 rings (SSSR count). The Bertz CT molecular complexity index is 1120. The third-order valence-corrected chi connectivity index (χ3v) is 5.12. The zero-order valence-electron chi connectivity index (χ0n) is 17.6. The summed E-state index contributed by atoms with van der Waals surface area (Å²) in [6.45, 7) is 9.87. The number of amides is 1. The Kier molecular flexibility index (Phi) is 5.97. The predicted molar refractivity (Wildman–Crippen MR) is 117 cm³/mol. The van der Waals surface area contributed by atoms with Crippen LogP contribution in [-0.4, -0.2) is 15.7 Å². The zero-order valence-corrected chi connectivity index (χ0v) is 17.6. The molecule has 5 nitrogen and oxygen atoms in total. The van der Waals surface area contributed by atoms with Gasteiger partial charge in [-0.1, -0.05) is 42.3 Å². The second kappa shape index (κ2) is 8.43. The lowest BCUT2D eigenvalue weighted by Gasteiger charge is -2.19. The van der Waals surface area contributed by atoms with Gasteiger partial charge in [0.25, 0.3) is 5.56 Å². The molecule has 0 saturated carbocycles. The molecule has 3 aromatic rings. The number of carbonyl (C=O) groups is 1. The summed E-state index contributed by atoms with van der Waals surface area (Å²) in [6, 6.07) is 14.5. The van der Waals surface area contributed by atoms with E-state index >= 15 is 0 Å². The number of hydrogen-bond acceptors (Lipinski definition) is 3. The van der Waals surface area contributed by atoms with Crippen molar-refractivity contribution in [2.45, 2.75) is 47.1 Å². The quantitative estimate of drug-likeness (QED) is 0.686. The predicted octanol–water partition coefficient (Wildman–Crippen LogP) is 4.73. The Morgan fingerprint density at radius 1 is 0.966 bits per heavy atom. The number of rotatable bonds is 5. The third-order valence-electron chi connectivity index (χ3n) is 5.12. The van der Waals surface area contributed by atoms with Crippen LogP contribution in [0.5, 0.6) is 0 Å². The van der Waals surface area contributed by atoms with Crippen molar-refractivity contribution in [3.8, 4) is 11.3 Å². The first kappa shape index (κ1) is 20.5. The molecule has 1 amide bonds. The highest BCUT2D eigenvalue weighted by Crippen LogP contribution is 2.23. The molecule has 1 heterocycles. The summed E-state index contributed by atoms with van der Waals surface area (Å²) in [5, 5.41) is 7.51. The van der Waals surface area contributed by atoms with Gasteiger partial charge in [-0.25, -0.2) is 4.68 Å². The van der Waals surface area contributed by atoms with Crippen LogP contribution in [0.2, 0.25) is 0 Å². The van der Waals surface area contributed by atoms with Crippen molar-refractivity contribution in [3.63, 3.8) is 0 Å². The van der Waals surface area contributed by atoms with Crippen LogP contribution in [-0.2, 0) is 4.79 Å². The van der Waals surface area contributed by atoms with Crippen LogP contribution in [0.15, 0.2) is 53.3 Å². The van der Waals surface area contributed by atoms with Gasteiger partial charge in [-0.3, -0.25) is 9.59 Å². The number of nitrogens with zero attached hydrogens (tertiary/aromatic N) is 2. The first-order chi connectivity index (χ1) is 13.8. The molecule has 29 heavy (non-hydrogen) atoms. The van der Waals surface area contributed by atoms with Gasteiger partial charge in [0.2, 0.25) is 5.91 Å². The molecular weight excluding hydrogens is 362 g/mol. The molecule has 0 radical (unpaired) electrons. The minimum Gasteiger partial charge on any atom is -0.324 e. The van der Waals surface area contributed by atoms with Crippen molar-refractivity contribution in [2.75, 3.05) is 5.32 Å². The normalized spacial score (nSPS) is 11.9. The Labute approximate surface area is 171 Å². The minimum absolute atomic E-state index is 0.243. The molecule has 150 valence electrons. The molecule has 0 aliphatic carbocycles. The fourth-order valence-electron chi connectivity index (χ4n) is 3.44. The van der Waals surface area contributed by atoms with E-state index in [1.165, 1.54) is 10.7 Å². The summed E-state index contributed by atoms with van der Waals surface area (Å²) in [5.74, 6) is -0.243. The molecule has 2 aromatic carbocycles. The highest BCUT2D eigenvalue weighted by Gasteiger charge is 2.22. The van der Waals surface area contributed by atoms with Crippen molar-refractivity contribution in [3.05, 3.63) is 81.1 Å². The lowest BCUT2D eigenvalue weighted by Crippen LogP contribution is -2.34. The van der Waals surface area contributed by atoms with E-state index in [1.807, 2.05) is 71.0 Å².